The Bertz CT molecular complexity index is 335. The number of fused-ring (bicyclic) bond motifs is 1. The molecule has 1 aliphatic rings. The van der Waals surface area contributed by atoms with Crippen LogP contribution in [0.25, 0.3) is 0 Å². The van der Waals surface area contributed by atoms with Gasteiger partial charge in [0.1, 0.15) is 0 Å². The van der Waals surface area contributed by atoms with E-state index in [2.05, 4.69) is 25.1 Å². The molecule has 0 aromatic heterocycles. The van der Waals surface area contributed by atoms with Crippen molar-refractivity contribution in [3.63, 3.8) is 0 Å². The molecule has 15 heavy (non-hydrogen) atoms. The SMILES string of the molecule is CC1Cc2cccc(CCCCN)c2S1. The monoisotopic (exact) mass is 221 g/mol. The first-order valence-corrected chi connectivity index (χ1v) is 6.66. The lowest BCUT2D eigenvalue weighted by Crippen LogP contribution is -1.99. The van der Waals surface area contributed by atoms with Crippen LogP contribution in [0.4, 0.5) is 0 Å². The van der Waals surface area contributed by atoms with Crippen LogP contribution in [0.2, 0.25) is 0 Å². The van der Waals surface area contributed by atoms with E-state index >= 15 is 0 Å². The first-order chi connectivity index (χ1) is 7.31. The summed E-state index contributed by atoms with van der Waals surface area (Å²) in [5.74, 6) is 0. The summed E-state index contributed by atoms with van der Waals surface area (Å²) in [6.07, 6.45) is 4.80. The normalized spacial score (nSPS) is 19.2. The molecule has 1 aromatic carbocycles. The fourth-order valence-electron chi connectivity index (χ4n) is 2.16. The molecule has 0 saturated heterocycles. The van der Waals surface area contributed by atoms with Crippen molar-refractivity contribution in [1.29, 1.82) is 0 Å². The number of unbranched alkanes of at least 4 members (excludes halogenated alkanes) is 1. The highest BCUT2D eigenvalue weighted by Gasteiger charge is 2.20. The van der Waals surface area contributed by atoms with Crippen LogP contribution >= 0.6 is 11.8 Å². The lowest BCUT2D eigenvalue weighted by Gasteiger charge is -2.07. The molecule has 0 aliphatic carbocycles. The number of hydrogen-bond acceptors (Lipinski definition) is 2. The summed E-state index contributed by atoms with van der Waals surface area (Å²) in [6, 6.07) is 6.76. The number of benzene rings is 1. The van der Waals surface area contributed by atoms with Crippen molar-refractivity contribution in [3.05, 3.63) is 29.3 Å². The van der Waals surface area contributed by atoms with E-state index in [0.29, 0.717) is 0 Å². The van der Waals surface area contributed by atoms with E-state index in [-0.39, 0.29) is 0 Å². The van der Waals surface area contributed by atoms with Crippen LogP contribution in [-0.2, 0) is 12.8 Å². The molecule has 0 spiro atoms. The minimum absolute atomic E-state index is 0.760. The maximum atomic E-state index is 5.52. The first kappa shape index (κ1) is 11.0. The second-order valence-corrected chi connectivity index (χ2v) is 5.73. The van der Waals surface area contributed by atoms with Crippen molar-refractivity contribution in [2.24, 2.45) is 5.73 Å². The Morgan fingerprint density at radius 2 is 2.27 bits per heavy atom. The van der Waals surface area contributed by atoms with Crippen LogP contribution in [0.15, 0.2) is 23.1 Å². The highest BCUT2D eigenvalue weighted by Crippen LogP contribution is 2.39. The predicted molar refractivity (Wildman–Crippen MR) is 67.5 cm³/mol. The average molecular weight is 221 g/mol. The van der Waals surface area contributed by atoms with Gasteiger partial charge in [0.05, 0.1) is 0 Å². The van der Waals surface area contributed by atoms with Crippen LogP contribution in [0, 0.1) is 0 Å². The molecule has 0 fully saturated rings. The van der Waals surface area contributed by atoms with E-state index in [1.165, 1.54) is 24.8 Å². The van der Waals surface area contributed by atoms with Gasteiger partial charge in [0.2, 0.25) is 0 Å². The maximum Gasteiger partial charge on any atom is 0.0139 e. The van der Waals surface area contributed by atoms with Crippen LogP contribution in [0.5, 0.6) is 0 Å². The third-order valence-electron chi connectivity index (χ3n) is 2.90. The molecule has 0 radical (unpaired) electrons. The Labute approximate surface area is 96.4 Å². The van der Waals surface area contributed by atoms with Gasteiger partial charge >= 0.3 is 0 Å². The predicted octanol–water partition coefficient (Wildman–Crippen LogP) is 3.00. The van der Waals surface area contributed by atoms with Gasteiger partial charge in [-0.2, -0.15) is 0 Å². The van der Waals surface area contributed by atoms with Gasteiger partial charge < -0.3 is 5.73 Å². The van der Waals surface area contributed by atoms with E-state index in [1.807, 2.05) is 11.8 Å². The Morgan fingerprint density at radius 1 is 1.40 bits per heavy atom. The second-order valence-electron chi connectivity index (χ2n) is 4.28. The van der Waals surface area contributed by atoms with E-state index in [0.717, 1.165) is 18.2 Å². The number of hydrogen-bond donors (Lipinski definition) is 1. The molecule has 1 unspecified atom stereocenters. The summed E-state index contributed by atoms with van der Waals surface area (Å²) in [5, 5.41) is 0.760. The van der Waals surface area contributed by atoms with Crippen LogP contribution in [0.1, 0.15) is 30.9 Å². The molecule has 1 heterocycles. The molecule has 1 nitrogen and oxygen atoms in total. The van der Waals surface area contributed by atoms with Gasteiger partial charge in [-0.1, -0.05) is 25.1 Å². The summed E-state index contributed by atoms with van der Waals surface area (Å²) in [4.78, 5) is 1.56. The summed E-state index contributed by atoms with van der Waals surface area (Å²) in [7, 11) is 0. The van der Waals surface area contributed by atoms with Gasteiger partial charge in [0.25, 0.3) is 0 Å². The highest BCUT2D eigenvalue weighted by atomic mass is 32.2. The molecule has 0 amide bonds. The fraction of sp³-hybridized carbons (Fsp3) is 0.538. The summed E-state index contributed by atoms with van der Waals surface area (Å²) >= 11 is 2.04. The van der Waals surface area contributed by atoms with E-state index in [1.54, 1.807) is 10.5 Å². The molecule has 1 aromatic rings. The molecule has 1 aliphatic heterocycles. The van der Waals surface area contributed by atoms with E-state index in [9.17, 15) is 0 Å². The van der Waals surface area contributed by atoms with E-state index in [4.69, 9.17) is 5.73 Å². The number of rotatable bonds is 4. The maximum absolute atomic E-state index is 5.52. The van der Waals surface area contributed by atoms with Crippen molar-refractivity contribution in [2.75, 3.05) is 6.54 Å². The number of nitrogens with two attached hydrogens (primary N) is 1. The molecule has 0 saturated carbocycles. The van der Waals surface area contributed by atoms with E-state index < -0.39 is 0 Å². The van der Waals surface area contributed by atoms with Gasteiger partial charge in [-0.15, -0.1) is 11.8 Å². The number of aryl methyl sites for hydroxylation is 1. The number of thioether (sulfide) groups is 1. The van der Waals surface area contributed by atoms with Gasteiger partial charge in [-0.05, 0) is 43.4 Å². The van der Waals surface area contributed by atoms with Crippen LogP contribution < -0.4 is 5.73 Å². The molecule has 2 heteroatoms. The molecule has 1 atom stereocenters. The Balaban J connectivity index is 2.09. The minimum Gasteiger partial charge on any atom is -0.330 e. The quantitative estimate of drug-likeness (QED) is 0.791. The molecule has 2 N–H and O–H groups in total. The largest absolute Gasteiger partial charge is 0.330 e. The first-order valence-electron chi connectivity index (χ1n) is 5.78. The molecule has 0 bridgehead atoms. The fourth-order valence-corrected chi connectivity index (χ4v) is 3.45. The van der Waals surface area contributed by atoms with Gasteiger partial charge in [-0.3, -0.25) is 0 Å². The molecular weight excluding hydrogens is 202 g/mol. The van der Waals surface area contributed by atoms with Crippen LogP contribution in [-0.4, -0.2) is 11.8 Å². The zero-order valence-corrected chi connectivity index (χ0v) is 10.1. The zero-order chi connectivity index (χ0) is 10.7. The third kappa shape index (κ3) is 2.56. The Morgan fingerprint density at radius 3 is 3.07 bits per heavy atom. The summed E-state index contributed by atoms with van der Waals surface area (Å²) < 4.78 is 0. The smallest absolute Gasteiger partial charge is 0.0139 e. The third-order valence-corrected chi connectivity index (χ3v) is 4.23. The second kappa shape index (κ2) is 5.04. The molecule has 82 valence electrons. The lowest BCUT2D eigenvalue weighted by atomic mass is 10.0. The van der Waals surface area contributed by atoms with Crippen molar-refractivity contribution in [1.82, 2.24) is 0 Å². The topological polar surface area (TPSA) is 26.0 Å². The van der Waals surface area contributed by atoms with Gasteiger partial charge in [0.15, 0.2) is 0 Å². The average Bonchev–Trinajstić information content (AvgIpc) is 2.59. The molecular formula is C13H19NS. The van der Waals surface area contributed by atoms with Crippen molar-refractivity contribution in [3.8, 4) is 0 Å². The van der Waals surface area contributed by atoms with Crippen molar-refractivity contribution < 1.29 is 0 Å². The summed E-state index contributed by atoms with van der Waals surface area (Å²) in [5.41, 5.74) is 8.61. The van der Waals surface area contributed by atoms with Crippen molar-refractivity contribution in [2.45, 2.75) is 42.8 Å². The van der Waals surface area contributed by atoms with Crippen molar-refractivity contribution >= 4 is 11.8 Å². The molecule has 2 rings (SSSR count). The zero-order valence-electron chi connectivity index (χ0n) is 9.33. The standard InChI is InChI=1S/C13H19NS/c1-10-9-12-7-4-6-11(13(12)15-10)5-2-3-8-14/h4,6-7,10H,2-3,5,8-9,14H2,1H3. The highest BCUT2D eigenvalue weighted by molar-refractivity contribution is 8.00. The summed E-state index contributed by atoms with van der Waals surface area (Å²) in [6.45, 7) is 3.13. The Kier molecular flexibility index (Phi) is 3.71. The van der Waals surface area contributed by atoms with Gasteiger partial charge in [-0.25, -0.2) is 0 Å². The van der Waals surface area contributed by atoms with Crippen LogP contribution in [0.3, 0.4) is 0 Å². The minimum atomic E-state index is 0.760. The Hall–Kier alpha value is -0.470. The lowest BCUT2D eigenvalue weighted by molar-refractivity contribution is 0.737. The van der Waals surface area contributed by atoms with Gasteiger partial charge in [0, 0.05) is 10.1 Å².